The highest BCUT2D eigenvalue weighted by atomic mass is 35.5. The number of carbonyl (C=O) groups is 1. The number of unbranched alkanes of at least 4 members (excludes halogenated alkanes) is 1. The Morgan fingerprint density at radius 2 is 1.87 bits per heavy atom. The number of halogens is 1. The van der Waals surface area contributed by atoms with Gasteiger partial charge in [0.2, 0.25) is 5.91 Å². The summed E-state index contributed by atoms with van der Waals surface area (Å²) in [5, 5.41) is 1.09. The molecule has 0 radical (unpaired) electrons. The fourth-order valence-electron chi connectivity index (χ4n) is 3.92. The van der Waals surface area contributed by atoms with E-state index in [1.165, 1.54) is 0 Å². The maximum absolute atomic E-state index is 13.6. The van der Waals surface area contributed by atoms with Gasteiger partial charge in [0.25, 0.3) is 5.56 Å². The third-order valence-corrected chi connectivity index (χ3v) is 5.70. The molecule has 1 amide bonds. The van der Waals surface area contributed by atoms with E-state index >= 15 is 0 Å². The van der Waals surface area contributed by atoms with Crippen LogP contribution in [0.3, 0.4) is 0 Å². The molecule has 2 aromatic carbocycles. The summed E-state index contributed by atoms with van der Waals surface area (Å²) in [6.07, 6.45) is 3.81. The summed E-state index contributed by atoms with van der Waals surface area (Å²) in [7, 11) is 0. The van der Waals surface area contributed by atoms with E-state index in [9.17, 15) is 9.59 Å². The molecule has 0 fully saturated rings. The first-order chi connectivity index (χ1) is 15.0. The third-order valence-electron chi connectivity index (χ3n) is 5.47. The lowest BCUT2D eigenvalue weighted by molar-refractivity contribution is -0.134. The number of benzene rings is 2. The first kappa shape index (κ1) is 23.0. The molecular formula is C25H30ClN3O2. The minimum Gasteiger partial charge on any atom is -0.333 e. The molecule has 1 unspecified atom stereocenters. The highest BCUT2D eigenvalue weighted by Crippen LogP contribution is 2.28. The molecule has 31 heavy (non-hydrogen) atoms. The summed E-state index contributed by atoms with van der Waals surface area (Å²) in [6, 6.07) is 14.3. The average Bonchev–Trinajstić information content (AvgIpc) is 2.76. The van der Waals surface area contributed by atoms with Crippen molar-refractivity contribution in [3.8, 4) is 5.69 Å². The van der Waals surface area contributed by atoms with Gasteiger partial charge in [-0.15, -0.1) is 0 Å². The SMILES string of the molecule is CCCCN(C(=O)CCC)C(CC)c1nc2ccccc2c(=O)n1-c1cccc(Cl)c1. The van der Waals surface area contributed by atoms with Crippen LogP contribution in [-0.4, -0.2) is 26.9 Å². The maximum Gasteiger partial charge on any atom is 0.266 e. The van der Waals surface area contributed by atoms with Crippen molar-refractivity contribution < 1.29 is 4.79 Å². The minimum absolute atomic E-state index is 0.0999. The third kappa shape index (κ3) is 4.99. The fraction of sp³-hybridized carbons (Fsp3) is 0.400. The second-order valence-corrected chi connectivity index (χ2v) is 8.16. The monoisotopic (exact) mass is 439 g/mol. The summed E-state index contributed by atoms with van der Waals surface area (Å²) >= 11 is 6.25. The number of hydrogen-bond donors (Lipinski definition) is 0. The zero-order chi connectivity index (χ0) is 22.4. The van der Waals surface area contributed by atoms with Gasteiger partial charge in [0.15, 0.2) is 0 Å². The van der Waals surface area contributed by atoms with Crippen LogP contribution in [-0.2, 0) is 4.79 Å². The molecule has 1 heterocycles. The number of fused-ring (bicyclic) bond motifs is 1. The van der Waals surface area contributed by atoms with E-state index in [0.29, 0.717) is 46.8 Å². The van der Waals surface area contributed by atoms with Crippen molar-refractivity contribution in [1.29, 1.82) is 0 Å². The van der Waals surface area contributed by atoms with Gasteiger partial charge >= 0.3 is 0 Å². The predicted octanol–water partition coefficient (Wildman–Crippen LogP) is 5.92. The molecule has 0 saturated heterocycles. The van der Waals surface area contributed by atoms with Gasteiger partial charge in [-0.25, -0.2) is 4.98 Å². The number of carbonyl (C=O) groups excluding carboxylic acids is 1. The molecule has 6 heteroatoms. The molecule has 0 bridgehead atoms. The Hall–Kier alpha value is -2.66. The molecule has 164 valence electrons. The summed E-state index contributed by atoms with van der Waals surface area (Å²) in [5.41, 5.74) is 1.14. The summed E-state index contributed by atoms with van der Waals surface area (Å²) in [5.74, 6) is 0.678. The van der Waals surface area contributed by atoms with Crippen LogP contribution < -0.4 is 5.56 Å². The number of para-hydroxylation sites is 1. The van der Waals surface area contributed by atoms with Crippen LogP contribution in [0.1, 0.15) is 64.7 Å². The zero-order valence-electron chi connectivity index (χ0n) is 18.5. The first-order valence-electron chi connectivity index (χ1n) is 11.1. The lowest BCUT2D eigenvalue weighted by atomic mass is 10.1. The van der Waals surface area contributed by atoms with E-state index in [0.717, 1.165) is 19.3 Å². The van der Waals surface area contributed by atoms with Crippen LogP contribution in [0, 0.1) is 0 Å². The number of aromatic nitrogens is 2. The number of amides is 1. The van der Waals surface area contributed by atoms with Crippen LogP contribution in [0.4, 0.5) is 0 Å². The molecule has 3 rings (SSSR count). The standard InChI is InChI=1S/C25H30ClN3O2/c1-4-7-16-28(23(30)11-5-2)22(6-3)24-27-21-15-9-8-14-20(21)25(31)29(24)19-13-10-12-18(26)17-19/h8-10,12-15,17,22H,4-7,11,16H2,1-3H3. The van der Waals surface area contributed by atoms with E-state index in [-0.39, 0.29) is 17.5 Å². The van der Waals surface area contributed by atoms with Crippen LogP contribution in [0.25, 0.3) is 16.6 Å². The Morgan fingerprint density at radius 1 is 1.10 bits per heavy atom. The Morgan fingerprint density at radius 3 is 2.55 bits per heavy atom. The van der Waals surface area contributed by atoms with Crippen LogP contribution >= 0.6 is 11.6 Å². The molecule has 0 aliphatic heterocycles. The van der Waals surface area contributed by atoms with Crippen molar-refractivity contribution in [1.82, 2.24) is 14.5 Å². The largest absolute Gasteiger partial charge is 0.333 e. The smallest absolute Gasteiger partial charge is 0.266 e. The first-order valence-corrected chi connectivity index (χ1v) is 11.5. The van der Waals surface area contributed by atoms with Crippen molar-refractivity contribution in [2.75, 3.05) is 6.54 Å². The van der Waals surface area contributed by atoms with E-state index < -0.39 is 0 Å². The van der Waals surface area contributed by atoms with Crippen molar-refractivity contribution in [3.05, 3.63) is 69.7 Å². The van der Waals surface area contributed by atoms with Gasteiger partial charge in [-0.1, -0.05) is 57.0 Å². The molecule has 5 nitrogen and oxygen atoms in total. The Kier molecular flexibility index (Phi) is 7.85. The molecule has 3 aromatic rings. The van der Waals surface area contributed by atoms with Gasteiger partial charge in [-0.2, -0.15) is 0 Å². The van der Waals surface area contributed by atoms with Gasteiger partial charge in [-0.3, -0.25) is 14.2 Å². The quantitative estimate of drug-likeness (QED) is 0.416. The zero-order valence-corrected chi connectivity index (χ0v) is 19.2. The molecule has 0 spiro atoms. The second kappa shape index (κ2) is 10.6. The molecule has 0 saturated carbocycles. The lowest BCUT2D eigenvalue weighted by Gasteiger charge is -2.32. The molecule has 1 aromatic heterocycles. The van der Waals surface area contributed by atoms with Crippen molar-refractivity contribution >= 4 is 28.4 Å². The van der Waals surface area contributed by atoms with Crippen molar-refractivity contribution in [3.63, 3.8) is 0 Å². The van der Waals surface area contributed by atoms with Gasteiger partial charge in [-0.05, 0) is 49.6 Å². The number of rotatable bonds is 9. The van der Waals surface area contributed by atoms with Crippen LogP contribution in [0.2, 0.25) is 5.02 Å². The fourth-order valence-corrected chi connectivity index (χ4v) is 4.11. The highest BCUT2D eigenvalue weighted by molar-refractivity contribution is 6.30. The normalized spacial score (nSPS) is 12.1. The second-order valence-electron chi connectivity index (χ2n) is 7.72. The molecule has 1 atom stereocenters. The van der Waals surface area contributed by atoms with E-state index in [1.807, 2.05) is 49.1 Å². The van der Waals surface area contributed by atoms with E-state index in [2.05, 4.69) is 6.92 Å². The molecule has 0 N–H and O–H groups in total. The van der Waals surface area contributed by atoms with Crippen LogP contribution in [0.5, 0.6) is 0 Å². The Bertz CT molecular complexity index is 1110. The minimum atomic E-state index is -0.304. The maximum atomic E-state index is 13.6. The Labute approximate surface area is 188 Å². The number of hydrogen-bond acceptors (Lipinski definition) is 3. The van der Waals surface area contributed by atoms with Gasteiger partial charge in [0.05, 0.1) is 22.6 Å². The lowest BCUT2D eigenvalue weighted by Crippen LogP contribution is -2.39. The van der Waals surface area contributed by atoms with E-state index in [4.69, 9.17) is 16.6 Å². The van der Waals surface area contributed by atoms with Gasteiger partial charge in [0, 0.05) is 18.0 Å². The highest BCUT2D eigenvalue weighted by Gasteiger charge is 2.28. The predicted molar refractivity (Wildman–Crippen MR) is 127 cm³/mol. The molecule has 0 aliphatic rings. The van der Waals surface area contributed by atoms with Gasteiger partial charge < -0.3 is 4.90 Å². The summed E-state index contributed by atoms with van der Waals surface area (Å²) < 4.78 is 1.63. The molecule has 0 aliphatic carbocycles. The Balaban J connectivity index is 2.27. The van der Waals surface area contributed by atoms with Crippen molar-refractivity contribution in [2.45, 2.75) is 58.9 Å². The van der Waals surface area contributed by atoms with Crippen LogP contribution in [0.15, 0.2) is 53.3 Å². The molecular weight excluding hydrogens is 410 g/mol. The van der Waals surface area contributed by atoms with Gasteiger partial charge in [0.1, 0.15) is 5.82 Å². The summed E-state index contributed by atoms with van der Waals surface area (Å²) in [6.45, 7) is 6.80. The van der Waals surface area contributed by atoms with E-state index in [1.54, 1.807) is 22.8 Å². The van der Waals surface area contributed by atoms with Crippen molar-refractivity contribution in [2.24, 2.45) is 0 Å². The summed E-state index contributed by atoms with van der Waals surface area (Å²) in [4.78, 5) is 33.5. The average molecular weight is 440 g/mol. The number of nitrogens with zero attached hydrogens (tertiary/aromatic N) is 3. The topological polar surface area (TPSA) is 55.2 Å².